The van der Waals surface area contributed by atoms with Crippen LogP contribution in [0, 0.1) is 10.1 Å². The van der Waals surface area contributed by atoms with Gasteiger partial charge in [-0.2, -0.15) is 0 Å². The lowest BCUT2D eigenvalue weighted by molar-refractivity contribution is -0.387. The van der Waals surface area contributed by atoms with Crippen LogP contribution in [0.1, 0.15) is 17.3 Å². The number of hydrogen-bond acceptors (Lipinski definition) is 7. The van der Waals surface area contributed by atoms with E-state index in [4.69, 9.17) is 27.9 Å². The molecule has 8 nitrogen and oxygen atoms in total. The van der Waals surface area contributed by atoms with Gasteiger partial charge in [0.2, 0.25) is 0 Å². The summed E-state index contributed by atoms with van der Waals surface area (Å²) in [5.41, 5.74) is 0.745. The lowest BCUT2D eigenvalue weighted by atomic mass is 10.1. The zero-order chi connectivity index (χ0) is 23.3. The second-order valence-corrected chi connectivity index (χ2v) is 8.71. The molecular formula is C21H21Cl2N3O5S. The van der Waals surface area contributed by atoms with Gasteiger partial charge in [0.1, 0.15) is 0 Å². The van der Waals surface area contributed by atoms with Gasteiger partial charge in [0.15, 0.2) is 0 Å². The van der Waals surface area contributed by atoms with Gasteiger partial charge in [-0.05, 0) is 31.2 Å². The summed E-state index contributed by atoms with van der Waals surface area (Å²) in [6.07, 6.45) is 0. The predicted octanol–water partition coefficient (Wildman–Crippen LogP) is 4.52. The Kier molecular flexibility index (Phi) is 8.22. The van der Waals surface area contributed by atoms with E-state index < -0.39 is 10.9 Å². The van der Waals surface area contributed by atoms with Gasteiger partial charge in [0.05, 0.1) is 37.9 Å². The Balaban J connectivity index is 1.69. The molecule has 0 spiro atoms. The minimum atomic E-state index is -0.554. The van der Waals surface area contributed by atoms with Gasteiger partial charge in [-0.25, -0.2) is 0 Å². The van der Waals surface area contributed by atoms with Crippen molar-refractivity contribution >= 4 is 58.2 Å². The number of rotatable bonds is 7. The Bertz CT molecular complexity index is 1010. The van der Waals surface area contributed by atoms with Crippen LogP contribution in [0.2, 0.25) is 10.0 Å². The number of carbonyl (C=O) groups is 2. The van der Waals surface area contributed by atoms with Crippen molar-refractivity contribution in [3.8, 4) is 0 Å². The summed E-state index contributed by atoms with van der Waals surface area (Å²) in [7, 11) is 0. The lowest BCUT2D eigenvalue weighted by Gasteiger charge is -2.36. The number of nitro groups is 1. The van der Waals surface area contributed by atoms with Crippen molar-refractivity contribution in [3.05, 3.63) is 62.1 Å². The third kappa shape index (κ3) is 5.65. The van der Waals surface area contributed by atoms with Crippen molar-refractivity contribution in [2.45, 2.75) is 11.8 Å². The quantitative estimate of drug-likeness (QED) is 0.240. The Labute approximate surface area is 199 Å². The zero-order valence-electron chi connectivity index (χ0n) is 17.3. The molecule has 0 saturated carbocycles. The third-order valence-corrected chi connectivity index (χ3v) is 6.52. The molecule has 1 amide bonds. The maximum absolute atomic E-state index is 13.0. The van der Waals surface area contributed by atoms with E-state index in [1.54, 1.807) is 36.1 Å². The van der Waals surface area contributed by atoms with Crippen LogP contribution in [0.4, 0.5) is 11.4 Å². The Morgan fingerprint density at radius 3 is 2.38 bits per heavy atom. The molecule has 0 N–H and O–H groups in total. The number of benzene rings is 2. The summed E-state index contributed by atoms with van der Waals surface area (Å²) in [5, 5.41) is 12.6. The van der Waals surface area contributed by atoms with E-state index in [0.717, 1.165) is 17.4 Å². The number of anilines is 1. The third-order valence-electron chi connectivity index (χ3n) is 4.87. The number of thioether (sulfide) groups is 1. The molecule has 11 heteroatoms. The molecule has 170 valence electrons. The fourth-order valence-corrected chi connectivity index (χ4v) is 4.80. The van der Waals surface area contributed by atoms with Crippen molar-refractivity contribution in [2.75, 3.05) is 43.4 Å². The van der Waals surface area contributed by atoms with Gasteiger partial charge in [0, 0.05) is 37.8 Å². The van der Waals surface area contributed by atoms with Crippen molar-refractivity contribution in [1.29, 1.82) is 0 Å². The van der Waals surface area contributed by atoms with Gasteiger partial charge in [-0.1, -0.05) is 29.3 Å². The minimum absolute atomic E-state index is 0.0471. The molecule has 1 aliphatic rings. The zero-order valence-corrected chi connectivity index (χ0v) is 19.6. The SMILES string of the molecule is CCOC(=O)CSc1ccc(C(=O)N2CCN(c3c(Cl)cccc3Cl)CC2)cc1[N+](=O)[O-]. The molecule has 3 rings (SSSR count). The minimum Gasteiger partial charge on any atom is -0.465 e. The van der Waals surface area contributed by atoms with E-state index in [-0.39, 0.29) is 29.5 Å². The average molecular weight is 498 g/mol. The summed E-state index contributed by atoms with van der Waals surface area (Å²) in [5.74, 6) is -0.794. The van der Waals surface area contributed by atoms with E-state index in [1.807, 2.05) is 4.90 Å². The van der Waals surface area contributed by atoms with Crippen LogP contribution in [-0.4, -0.2) is 60.2 Å². The molecule has 32 heavy (non-hydrogen) atoms. The maximum Gasteiger partial charge on any atom is 0.316 e. The van der Waals surface area contributed by atoms with Crippen LogP contribution in [0.15, 0.2) is 41.3 Å². The van der Waals surface area contributed by atoms with Crippen molar-refractivity contribution < 1.29 is 19.2 Å². The van der Waals surface area contributed by atoms with Crippen LogP contribution in [-0.2, 0) is 9.53 Å². The Morgan fingerprint density at radius 1 is 1.12 bits per heavy atom. The molecule has 0 bridgehead atoms. The molecule has 1 aliphatic heterocycles. The predicted molar refractivity (Wildman–Crippen MR) is 125 cm³/mol. The maximum atomic E-state index is 13.0. The molecule has 0 radical (unpaired) electrons. The molecule has 0 atom stereocenters. The first-order chi connectivity index (χ1) is 15.3. The highest BCUT2D eigenvalue weighted by Gasteiger charge is 2.26. The first kappa shape index (κ1) is 24.2. The number of ether oxygens (including phenoxy) is 1. The smallest absolute Gasteiger partial charge is 0.316 e. The summed E-state index contributed by atoms with van der Waals surface area (Å²) >= 11 is 13.6. The van der Waals surface area contributed by atoms with Gasteiger partial charge < -0.3 is 14.5 Å². The summed E-state index contributed by atoms with van der Waals surface area (Å²) in [6, 6.07) is 9.60. The number of para-hydroxylation sites is 1. The fourth-order valence-electron chi connectivity index (χ4n) is 3.36. The summed E-state index contributed by atoms with van der Waals surface area (Å²) in [4.78, 5) is 39.5. The van der Waals surface area contributed by atoms with Crippen LogP contribution < -0.4 is 4.90 Å². The highest BCUT2D eigenvalue weighted by Crippen LogP contribution is 2.34. The second kappa shape index (κ2) is 10.9. The highest BCUT2D eigenvalue weighted by atomic mass is 35.5. The van der Waals surface area contributed by atoms with E-state index in [2.05, 4.69) is 0 Å². The van der Waals surface area contributed by atoms with E-state index in [1.165, 1.54) is 12.1 Å². The van der Waals surface area contributed by atoms with Gasteiger partial charge in [-0.15, -0.1) is 11.8 Å². The van der Waals surface area contributed by atoms with E-state index in [0.29, 0.717) is 41.1 Å². The van der Waals surface area contributed by atoms with Crippen LogP contribution in [0.5, 0.6) is 0 Å². The number of halogens is 2. The molecule has 0 unspecified atom stereocenters. The fraction of sp³-hybridized carbons (Fsp3) is 0.333. The standard InChI is InChI=1S/C21H21Cl2N3O5S/c1-2-31-19(27)13-32-18-7-6-14(12-17(18)26(29)30)21(28)25-10-8-24(9-11-25)20-15(22)4-3-5-16(20)23/h3-7,12H,2,8-11,13H2,1H3. The molecule has 2 aromatic rings. The van der Waals surface area contributed by atoms with Gasteiger partial charge in [-0.3, -0.25) is 19.7 Å². The normalized spacial score (nSPS) is 13.7. The number of hydrogen-bond donors (Lipinski definition) is 0. The van der Waals surface area contributed by atoms with Crippen LogP contribution in [0.25, 0.3) is 0 Å². The largest absolute Gasteiger partial charge is 0.465 e. The molecule has 2 aromatic carbocycles. The second-order valence-electron chi connectivity index (χ2n) is 6.88. The highest BCUT2D eigenvalue weighted by molar-refractivity contribution is 8.00. The van der Waals surface area contributed by atoms with Crippen LogP contribution in [0.3, 0.4) is 0 Å². The number of nitro benzene ring substituents is 1. The molecule has 1 saturated heterocycles. The summed E-state index contributed by atoms with van der Waals surface area (Å²) < 4.78 is 4.85. The number of nitrogens with zero attached hydrogens (tertiary/aromatic N) is 3. The molecule has 1 fully saturated rings. The Hall–Kier alpha value is -2.49. The van der Waals surface area contributed by atoms with Crippen molar-refractivity contribution in [3.63, 3.8) is 0 Å². The molecule has 0 aliphatic carbocycles. The van der Waals surface area contributed by atoms with E-state index in [9.17, 15) is 19.7 Å². The van der Waals surface area contributed by atoms with Crippen molar-refractivity contribution in [1.82, 2.24) is 4.90 Å². The number of esters is 1. The number of piperazine rings is 1. The first-order valence-electron chi connectivity index (χ1n) is 9.87. The molecular weight excluding hydrogens is 477 g/mol. The Morgan fingerprint density at radius 2 is 1.78 bits per heavy atom. The summed E-state index contributed by atoms with van der Waals surface area (Å²) in [6.45, 7) is 3.84. The van der Waals surface area contributed by atoms with Crippen molar-refractivity contribution in [2.24, 2.45) is 0 Å². The number of amides is 1. The molecule has 1 heterocycles. The monoisotopic (exact) mass is 497 g/mol. The van der Waals surface area contributed by atoms with Crippen LogP contribution >= 0.6 is 35.0 Å². The topological polar surface area (TPSA) is 93.0 Å². The lowest BCUT2D eigenvalue weighted by Crippen LogP contribution is -2.49. The number of carbonyl (C=O) groups excluding carboxylic acids is 2. The van der Waals surface area contributed by atoms with Gasteiger partial charge >= 0.3 is 5.97 Å². The first-order valence-corrected chi connectivity index (χ1v) is 11.6. The van der Waals surface area contributed by atoms with Gasteiger partial charge in [0.25, 0.3) is 11.6 Å². The van der Waals surface area contributed by atoms with E-state index >= 15 is 0 Å². The average Bonchev–Trinajstić information content (AvgIpc) is 2.77. The molecule has 0 aromatic heterocycles.